The predicted molar refractivity (Wildman–Crippen MR) is 167 cm³/mol. The molecule has 6 rings (SSSR count). The smallest absolute Gasteiger partial charge is 0.251 e. The van der Waals surface area contributed by atoms with E-state index in [9.17, 15) is 4.79 Å². The Morgan fingerprint density at radius 1 is 1.07 bits per heavy atom. The Morgan fingerprint density at radius 2 is 1.93 bits per heavy atom. The van der Waals surface area contributed by atoms with E-state index in [2.05, 4.69) is 69.6 Å². The predicted octanol–water partition coefficient (Wildman–Crippen LogP) is 2.80. The molecule has 2 aromatic heterocycles. The van der Waals surface area contributed by atoms with E-state index < -0.39 is 0 Å². The molecular weight excluding hydrogens is 544 g/mol. The fraction of sp³-hybridized carbons (Fsp3) is 0.438. The number of likely N-dealkylation sites (N-methyl/N-ethyl adjacent to an activating group) is 2. The number of ether oxygens (including phenoxy) is 2. The van der Waals surface area contributed by atoms with E-state index in [4.69, 9.17) is 19.4 Å². The topological polar surface area (TPSA) is 112 Å². The number of H-pyrrole nitrogens is 1. The molecule has 2 aliphatic rings. The van der Waals surface area contributed by atoms with Crippen LogP contribution in [0.25, 0.3) is 22.0 Å². The highest BCUT2D eigenvalue weighted by atomic mass is 16.5. The maximum Gasteiger partial charge on any atom is 0.251 e. The summed E-state index contributed by atoms with van der Waals surface area (Å²) in [6, 6.07) is 12.0. The highest BCUT2D eigenvalue weighted by Crippen LogP contribution is 2.35. The highest BCUT2D eigenvalue weighted by molar-refractivity contribution is 5.95. The van der Waals surface area contributed by atoms with Gasteiger partial charge in [0.15, 0.2) is 0 Å². The lowest BCUT2D eigenvalue weighted by Gasteiger charge is -2.27. The average Bonchev–Trinajstić information content (AvgIpc) is 3.58. The van der Waals surface area contributed by atoms with Crippen molar-refractivity contribution in [3.8, 4) is 16.9 Å². The third-order valence-corrected chi connectivity index (χ3v) is 8.18. The van der Waals surface area contributed by atoms with Crippen molar-refractivity contribution in [3.63, 3.8) is 0 Å². The van der Waals surface area contributed by atoms with Gasteiger partial charge in [-0.15, -0.1) is 0 Å². The van der Waals surface area contributed by atoms with E-state index in [1.54, 1.807) is 0 Å². The number of fused-ring (bicyclic) bond motifs is 2. The van der Waals surface area contributed by atoms with E-state index in [-0.39, 0.29) is 11.8 Å². The van der Waals surface area contributed by atoms with Crippen molar-refractivity contribution in [2.24, 2.45) is 0 Å². The van der Waals surface area contributed by atoms with E-state index in [1.807, 2.05) is 30.6 Å². The van der Waals surface area contributed by atoms with Gasteiger partial charge in [-0.05, 0) is 62.0 Å². The quantitative estimate of drug-likeness (QED) is 0.291. The summed E-state index contributed by atoms with van der Waals surface area (Å²) in [6.45, 7) is 6.94. The van der Waals surface area contributed by atoms with Gasteiger partial charge in [0.2, 0.25) is 0 Å². The molecule has 4 heterocycles. The van der Waals surface area contributed by atoms with Gasteiger partial charge in [-0.2, -0.15) is 5.10 Å². The van der Waals surface area contributed by atoms with Gasteiger partial charge < -0.3 is 24.6 Å². The Hall–Kier alpha value is -4.06. The van der Waals surface area contributed by atoms with Crippen LogP contribution in [0, 0.1) is 0 Å². The lowest BCUT2D eigenvalue weighted by molar-refractivity contribution is 0.0383. The molecule has 2 aliphatic heterocycles. The number of hydrogen-bond acceptors (Lipinski definition) is 9. The molecule has 11 nitrogen and oxygen atoms in total. The van der Waals surface area contributed by atoms with E-state index in [0.717, 1.165) is 90.9 Å². The van der Waals surface area contributed by atoms with Crippen molar-refractivity contribution < 1.29 is 14.3 Å². The van der Waals surface area contributed by atoms with Gasteiger partial charge >= 0.3 is 0 Å². The largest absolute Gasteiger partial charge is 0.493 e. The monoisotopic (exact) mass is 584 g/mol. The fourth-order valence-corrected chi connectivity index (χ4v) is 5.60. The van der Waals surface area contributed by atoms with Gasteiger partial charge in [0.05, 0.1) is 37.5 Å². The Kier molecular flexibility index (Phi) is 8.82. The lowest BCUT2D eigenvalue weighted by Crippen LogP contribution is -2.41. The molecule has 0 bridgehead atoms. The van der Waals surface area contributed by atoms with E-state index in [0.29, 0.717) is 25.1 Å². The normalized spacial score (nSPS) is 17.1. The van der Waals surface area contributed by atoms with Crippen LogP contribution in [0.1, 0.15) is 27.7 Å². The summed E-state index contributed by atoms with van der Waals surface area (Å²) < 4.78 is 11.6. The van der Waals surface area contributed by atoms with Gasteiger partial charge in [-0.1, -0.05) is 6.07 Å². The van der Waals surface area contributed by atoms with E-state index in [1.165, 1.54) is 0 Å². The summed E-state index contributed by atoms with van der Waals surface area (Å²) >= 11 is 0. The van der Waals surface area contributed by atoms with Crippen LogP contribution in [0.5, 0.6) is 5.75 Å². The number of carbonyl (C=O) groups is 1. The number of nitrogens with zero attached hydrogens (tertiary/aromatic N) is 6. The minimum Gasteiger partial charge on any atom is -0.493 e. The van der Waals surface area contributed by atoms with Crippen molar-refractivity contribution in [1.29, 1.82) is 0 Å². The highest BCUT2D eigenvalue weighted by Gasteiger charge is 2.26. The number of benzene rings is 2. The number of anilines is 1. The Bertz CT molecular complexity index is 1550. The molecular formula is C32H40N8O3. The van der Waals surface area contributed by atoms with Crippen LogP contribution in [0.3, 0.4) is 0 Å². The van der Waals surface area contributed by atoms with Crippen molar-refractivity contribution in [3.05, 3.63) is 65.7 Å². The van der Waals surface area contributed by atoms with Crippen LogP contribution in [-0.2, 0) is 11.2 Å². The molecule has 1 amide bonds. The minimum absolute atomic E-state index is 0.0360. The first-order valence-electron chi connectivity index (χ1n) is 15.0. The van der Waals surface area contributed by atoms with Crippen LogP contribution >= 0.6 is 0 Å². The third kappa shape index (κ3) is 6.79. The van der Waals surface area contributed by atoms with Crippen LogP contribution in [0.2, 0.25) is 0 Å². The fourth-order valence-electron chi connectivity index (χ4n) is 5.60. The van der Waals surface area contributed by atoms with Crippen molar-refractivity contribution in [2.45, 2.75) is 12.3 Å². The number of hydrogen-bond donors (Lipinski definition) is 2. The first-order valence-corrected chi connectivity index (χ1v) is 15.0. The zero-order chi connectivity index (χ0) is 29.8. The van der Waals surface area contributed by atoms with Gasteiger partial charge in [0.25, 0.3) is 5.91 Å². The zero-order valence-electron chi connectivity index (χ0n) is 25.2. The second kappa shape index (κ2) is 13.1. The number of carbonyl (C=O) groups excluding carboxylic acids is 1. The molecule has 0 radical (unpaired) electrons. The standard InChI is InChI=1S/C32H40N8O3/c1-38(2)10-11-39(3)31-27-18-22(26-19-34-35-20-26)4-6-28(27)36-30(37-31)25-17-24-16-23(5-7-29(24)43-21-25)32(41)33-8-9-40-12-14-42-15-13-40/h4-7,16,18-20,25H,8-15,17,21H2,1-3H3,(H,33,41)(H,34,35). The summed E-state index contributed by atoms with van der Waals surface area (Å²) in [4.78, 5) is 29.8. The number of morpholine rings is 1. The molecule has 4 aromatic rings. The molecule has 43 heavy (non-hydrogen) atoms. The number of rotatable bonds is 10. The van der Waals surface area contributed by atoms with Crippen LogP contribution in [0.4, 0.5) is 5.82 Å². The molecule has 1 saturated heterocycles. The number of aromatic nitrogens is 4. The third-order valence-electron chi connectivity index (χ3n) is 8.18. The number of amides is 1. The van der Waals surface area contributed by atoms with Crippen LogP contribution < -0.4 is 15.0 Å². The van der Waals surface area contributed by atoms with Crippen molar-refractivity contribution in [1.82, 2.24) is 35.3 Å². The SMILES string of the molecule is CN(C)CCN(C)c1nc(C2COc3ccc(C(=O)NCCN4CCOCC4)cc3C2)nc2ccc(-c3cn[nH]c3)cc12. The summed E-state index contributed by atoms with van der Waals surface area (Å²) in [5.74, 6) is 2.35. The summed E-state index contributed by atoms with van der Waals surface area (Å²) in [7, 11) is 6.23. The Labute approximate surface area is 252 Å². The summed E-state index contributed by atoms with van der Waals surface area (Å²) in [5.41, 5.74) is 4.61. The van der Waals surface area contributed by atoms with Gasteiger partial charge in [0, 0.05) is 69.0 Å². The molecule has 2 N–H and O–H groups in total. The maximum atomic E-state index is 13.0. The number of aromatic amines is 1. The van der Waals surface area contributed by atoms with Crippen molar-refractivity contribution in [2.75, 3.05) is 85.1 Å². The molecule has 1 unspecified atom stereocenters. The molecule has 0 spiro atoms. The molecule has 1 fully saturated rings. The average molecular weight is 585 g/mol. The van der Waals surface area contributed by atoms with E-state index >= 15 is 0 Å². The second-order valence-electron chi connectivity index (χ2n) is 11.6. The Morgan fingerprint density at radius 3 is 2.72 bits per heavy atom. The molecule has 0 aliphatic carbocycles. The van der Waals surface area contributed by atoms with Crippen molar-refractivity contribution >= 4 is 22.6 Å². The van der Waals surface area contributed by atoms with Crippen LogP contribution in [-0.4, -0.2) is 116 Å². The van der Waals surface area contributed by atoms with Gasteiger partial charge in [0.1, 0.15) is 17.4 Å². The molecule has 0 saturated carbocycles. The van der Waals surface area contributed by atoms with Gasteiger partial charge in [-0.3, -0.25) is 14.8 Å². The maximum absolute atomic E-state index is 13.0. The molecule has 1 atom stereocenters. The first kappa shape index (κ1) is 29.0. The zero-order valence-corrected chi connectivity index (χ0v) is 25.2. The van der Waals surface area contributed by atoms with Gasteiger partial charge in [-0.25, -0.2) is 9.97 Å². The minimum atomic E-state index is -0.0710. The summed E-state index contributed by atoms with van der Waals surface area (Å²) in [5, 5.41) is 11.1. The van der Waals surface area contributed by atoms with Crippen LogP contribution in [0.15, 0.2) is 48.8 Å². The first-order chi connectivity index (χ1) is 20.9. The number of nitrogens with one attached hydrogen (secondary N) is 2. The molecule has 11 heteroatoms. The second-order valence-corrected chi connectivity index (χ2v) is 11.6. The molecule has 2 aromatic carbocycles. The lowest BCUT2D eigenvalue weighted by atomic mass is 9.94. The Balaban J connectivity index is 1.23. The molecule has 226 valence electrons. The summed E-state index contributed by atoms with van der Waals surface area (Å²) in [6.07, 6.45) is 4.41.